The SMILES string of the molecule is CCCCCCCCCCCCN(CCOCCOCCOC)C(=S)[S-].[K+]. The second kappa shape index (κ2) is 25.7. The van der Waals surface area contributed by atoms with Crippen molar-refractivity contribution in [1.82, 2.24) is 4.90 Å². The number of hydrogen-bond acceptors (Lipinski definition) is 5. The molecule has 7 heteroatoms. The van der Waals surface area contributed by atoms with E-state index in [0.717, 1.165) is 19.5 Å². The van der Waals surface area contributed by atoms with Gasteiger partial charge < -0.3 is 44.0 Å². The zero-order valence-electron chi connectivity index (χ0n) is 18.0. The van der Waals surface area contributed by atoms with Gasteiger partial charge in [0.2, 0.25) is 0 Å². The molecule has 27 heavy (non-hydrogen) atoms. The Labute approximate surface area is 221 Å². The van der Waals surface area contributed by atoms with Crippen molar-refractivity contribution in [2.75, 3.05) is 53.2 Å². The molecule has 0 saturated carbocycles. The molecule has 4 nitrogen and oxygen atoms in total. The first kappa shape index (κ1) is 30.8. The molecule has 0 aliphatic carbocycles. The van der Waals surface area contributed by atoms with E-state index in [-0.39, 0.29) is 51.4 Å². The summed E-state index contributed by atoms with van der Waals surface area (Å²) in [5.41, 5.74) is 0. The molecule has 0 N–H and O–H groups in total. The average molecular weight is 446 g/mol. The monoisotopic (exact) mass is 445 g/mol. The molecule has 0 heterocycles. The Morgan fingerprint density at radius 3 is 1.74 bits per heavy atom. The Balaban J connectivity index is 0. The minimum atomic E-state index is 0. The summed E-state index contributed by atoms with van der Waals surface area (Å²) in [4.78, 5) is 2.08. The third kappa shape index (κ3) is 23.8. The molecule has 156 valence electrons. The van der Waals surface area contributed by atoms with E-state index in [0.29, 0.717) is 37.4 Å². The van der Waals surface area contributed by atoms with Crippen molar-refractivity contribution in [3.63, 3.8) is 0 Å². The maximum atomic E-state index is 5.58. The van der Waals surface area contributed by atoms with Crippen LogP contribution in [0.15, 0.2) is 0 Å². The smallest absolute Gasteiger partial charge is 0.411 e. The molecule has 0 radical (unpaired) electrons. The Hall–Kier alpha value is 1.63. The van der Waals surface area contributed by atoms with Crippen LogP contribution in [0.5, 0.6) is 0 Å². The van der Waals surface area contributed by atoms with E-state index in [9.17, 15) is 0 Å². The summed E-state index contributed by atoms with van der Waals surface area (Å²) in [5.74, 6) is 0. The second-order valence-electron chi connectivity index (χ2n) is 6.65. The summed E-state index contributed by atoms with van der Waals surface area (Å²) < 4.78 is 16.4. The van der Waals surface area contributed by atoms with Crippen molar-refractivity contribution < 1.29 is 65.6 Å². The minimum absolute atomic E-state index is 0. The summed E-state index contributed by atoms with van der Waals surface area (Å²) in [7, 11) is 1.67. The van der Waals surface area contributed by atoms with Crippen LogP contribution in [-0.2, 0) is 26.8 Å². The fourth-order valence-corrected chi connectivity index (χ4v) is 3.09. The molecule has 0 amide bonds. The van der Waals surface area contributed by atoms with Crippen LogP contribution in [0.25, 0.3) is 0 Å². The standard InChI is InChI=1S/C20H41NO3S2.K/c1-3-4-5-6-7-8-9-10-11-12-13-21(20(25)26)14-15-23-18-19-24-17-16-22-2;/h3-19H2,1-2H3,(H,25,26);/q;+1/p-1. The van der Waals surface area contributed by atoms with Gasteiger partial charge in [-0.3, -0.25) is 0 Å². The normalized spacial score (nSPS) is 10.6. The van der Waals surface area contributed by atoms with Gasteiger partial charge in [-0.15, -0.1) is 0 Å². The molecule has 0 aromatic rings. The molecule has 0 aliphatic rings. The third-order valence-corrected chi connectivity index (χ3v) is 4.87. The quantitative estimate of drug-likeness (QED) is 0.123. The zero-order valence-corrected chi connectivity index (χ0v) is 22.8. The van der Waals surface area contributed by atoms with Crippen LogP contribution >= 0.6 is 12.2 Å². The molecule has 0 aromatic carbocycles. The number of thiocarbonyl (C=S) groups is 1. The number of hydrogen-bond donors (Lipinski definition) is 0. The van der Waals surface area contributed by atoms with Gasteiger partial charge in [0.05, 0.1) is 33.0 Å². The zero-order chi connectivity index (χ0) is 19.3. The van der Waals surface area contributed by atoms with Crippen molar-refractivity contribution in [2.45, 2.75) is 71.1 Å². The van der Waals surface area contributed by atoms with Gasteiger partial charge in [0.15, 0.2) is 0 Å². The van der Waals surface area contributed by atoms with Crippen LogP contribution in [0.4, 0.5) is 0 Å². The molecule has 0 saturated heterocycles. The predicted molar refractivity (Wildman–Crippen MR) is 117 cm³/mol. The Morgan fingerprint density at radius 1 is 0.741 bits per heavy atom. The van der Waals surface area contributed by atoms with Gasteiger partial charge in [-0.05, 0) is 6.42 Å². The van der Waals surface area contributed by atoms with Crippen molar-refractivity contribution in [3.8, 4) is 0 Å². The number of rotatable bonds is 20. The molecule has 0 rings (SSSR count). The van der Waals surface area contributed by atoms with Crippen LogP contribution in [0.3, 0.4) is 0 Å². The molecule has 0 spiro atoms. The number of ether oxygens (including phenoxy) is 3. The first-order valence-electron chi connectivity index (χ1n) is 10.3. The maximum Gasteiger partial charge on any atom is 1.00 e. The van der Waals surface area contributed by atoms with E-state index < -0.39 is 0 Å². The summed E-state index contributed by atoms with van der Waals surface area (Å²) in [6.45, 7) is 7.06. The number of nitrogens with zero attached hydrogens (tertiary/aromatic N) is 1. The summed E-state index contributed by atoms with van der Waals surface area (Å²) >= 11 is 10.4. The topological polar surface area (TPSA) is 30.9 Å². The van der Waals surface area contributed by atoms with Gasteiger partial charge in [-0.2, -0.15) is 0 Å². The Morgan fingerprint density at radius 2 is 1.22 bits per heavy atom. The fraction of sp³-hybridized carbons (Fsp3) is 0.950. The third-order valence-electron chi connectivity index (χ3n) is 4.35. The molecular weight excluding hydrogens is 405 g/mol. The first-order valence-corrected chi connectivity index (χ1v) is 11.1. The molecule has 0 unspecified atom stereocenters. The van der Waals surface area contributed by atoms with E-state index in [2.05, 4.69) is 11.8 Å². The second-order valence-corrected chi connectivity index (χ2v) is 7.68. The van der Waals surface area contributed by atoms with E-state index in [1.165, 1.54) is 57.8 Å². The van der Waals surface area contributed by atoms with Crippen LogP contribution in [0, 0.1) is 0 Å². The molecule has 0 atom stereocenters. The molecule has 0 aliphatic heterocycles. The van der Waals surface area contributed by atoms with Crippen LogP contribution in [0.1, 0.15) is 71.1 Å². The van der Waals surface area contributed by atoms with Crippen molar-refractivity contribution in [2.24, 2.45) is 0 Å². The average Bonchev–Trinajstić information content (AvgIpc) is 2.63. The fourth-order valence-electron chi connectivity index (χ4n) is 2.72. The summed E-state index contributed by atoms with van der Waals surface area (Å²) in [5, 5.41) is 0. The van der Waals surface area contributed by atoms with Gasteiger partial charge in [-0.1, -0.05) is 69.0 Å². The largest absolute Gasteiger partial charge is 1.00 e. The summed E-state index contributed by atoms with van der Waals surface area (Å²) in [6, 6.07) is 0. The van der Waals surface area contributed by atoms with Gasteiger partial charge in [-0.25, -0.2) is 0 Å². The van der Waals surface area contributed by atoms with Crippen LogP contribution < -0.4 is 51.4 Å². The van der Waals surface area contributed by atoms with Gasteiger partial charge >= 0.3 is 51.4 Å². The van der Waals surface area contributed by atoms with Crippen molar-refractivity contribution in [3.05, 3.63) is 0 Å². The number of unbranched alkanes of at least 4 members (excludes halogenated alkanes) is 9. The van der Waals surface area contributed by atoms with Crippen LogP contribution in [-0.4, -0.2) is 62.5 Å². The molecule has 0 fully saturated rings. The Bertz CT molecular complexity index is 313. The Kier molecular flexibility index (Phi) is 29.3. The van der Waals surface area contributed by atoms with Gasteiger partial charge in [0, 0.05) is 20.2 Å². The molecule has 0 bridgehead atoms. The van der Waals surface area contributed by atoms with E-state index in [1.54, 1.807) is 7.11 Å². The summed E-state index contributed by atoms with van der Waals surface area (Å²) in [6.07, 6.45) is 13.4. The predicted octanol–water partition coefficient (Wildman–Crippen LogP) is 1.72. The van der Waals surface area contributed by atoms with Gasteiger partial charge in [0.25, 0.3) is 0 Å². The molecule has 0 aromatic heterocycles. The minimum Gasteiger partial charge on any atom is -0.411 e. The van der Waals surface area contributed by atoms with Crippen molar-refractivity contribution in [1.29, 1.82) is 0 Å². The number of methoxy groups -OCH3 is 1. The van der Waals surface area contributed by atoms with Crippen LogP contribution in [0.2, 0.25) is 0 Å². The molecular formula is C20H40KNO3S2. The van der Waals surface area contributed by atoms with E-state index in [4.69, 9.17) is 39.1 Å². The van der Waals surface area contributed by atoms with Crippen molar-refractivity contribution >= 4 is 29.2 Å². The van der Waals surface area contributed by atoms with Gasteiger partial charge in [0.1, 0.15) is 0 Å². The first-order chi connectivity index (χ1) is 12.7. The maximum absolute atomic E-state index is 5.58. The van der Waals surface area contributed by atoms with E-state index >= 15 is 0 Å². The van der Waals surface area contributed by atoms with E-state index in [1.807, 2.05) is 0 Å².